The summed E-state index contributed by atoms with van der Waals surface area (Å²) >= 11 is 0. The molecule has 0 unspecified atom stereocenters. The molecule has 2 aromatic heterocycles. The second kappa shape index (κ2) is 11.9. The number of hydrogen-bond acceptors (Lipinski definition) is 4. The van der Waals surface area contributed by atoms with E-state index in [9.17, 15) is 0 Å². The smallest absolute Gasteiger partial charge is 0.164 e. The van der Waals surface area contributed by atoms with Crippen LogP contribution in [0.4, 0.5) is 0 Å². The van der Waals surface area contributed by atoms with Gasteiger partial charge in [0.1, 0.15) is 11.2 Å². The van der Waals surface area contributed by atoms with Gasteiger partial charge in [-0.1, -0.05) is 158 Å². The molecule has 4 nitrogen and oxygen atoms in total. The molecule has 8 aromatic carbocycles. The number of rotatable bonds is 5. The fraction of sp³-hybridized carbons (Fsp3) is 0. The van der Waals surface area contributed by atoms with E-state index in [0.717, 1.165) is 71.3 Å². The largest absolute Gasteiger partial charge is 0.455 e. The lowest BCUT2D eigenvalue weighted by atomic mass is 9.94. The maximum absolute atomic E-state index is 6.65. The topological polar surface area (TPSA) is 51.8 Å². The summed E-state index contributed by atoms with van der Waals surface area (Å²) in [7, 11) is 0. The molecular formula is C47H29N3O. The first-order valence-electron chi connectivity index (χ1n) is 17.1. The summed E-state index contributed by atoms with van der Waals surface area (Å²) in [5, 5.41) is 6.37. The van der Waals surface area contributed by atoms with Crippen LogP contribution in [-0.2, 0) is 0 Å². The molecule has 0 spiro atoms. The first-order chi connectivity index (χ1) is 25.3. The summed E-state index contributed by atoms with van der Waals surface area (Å²) < 4.78 is 6.65. The van der Waals surface area contributed by atoms with E-state index < -0.39 is 0 Å². The minimum Gasteiger partial charge on any atom is -0.455 e. The minimum atomic E-state index is 0.611. The van der Waals surface area contributed by atoms with Gasteiger partial charge in [0.2, 0.25) is 0 Å². The molecule has 10 aromatic rings. The zero-order valence-electron chi connectivity index (χ0n) is 27.5. The van der Waals surface area contributed by atoms with Crippen molar-refractivity contribution in [2.75, 3.05) is 0 Å². The van der Waals surface area contributed by atoms with Crippen molar-refractivity contribution in [1.82, 2.24) is 15.0 Å². The van der Waals surface area contributed by atoms with Crippen LogP contribution in [0.2, 0.25) is 0 Å². The van der Waals surface area contributed by atoms with E-state index in [-0.39, 0.29) is 0 Å². The van der Waals surface area contributed by atoms with E-state index in [1.807, 2.05) is 30.3 Å². The number of hydrogen-bond donors (Lipinski definition) is 0. The highest BCUT2D eigenvalue weighted by Crippen LogP contribution is 2.43. The quantitative estimate of drug-likeness (QED) is 0.186. The number of benzene rings is 8. The Bertz CT molecular complexity index is 2900. The van der Waals surface area contributed by atoms with Crippen molar-refractivity contribution >= 4 is 43.5 Å². The highest BCUT2D eigenvalue weighted by Gasteiger charge is 2.21. The average Bonchev–Trinajstić information content (AvgIpc) is 3.60. The van der Waals surface area contributed by atoms with Gasteiger partial charge in [-0.25, -0.2) is 15.0 Å². The molecule has 0 N–H and O–H groups in total. The van der Waals surface area contributed by atoms with Crippen molar-refractivity contribution < 1.29 is 4.42 Å². The van der Waals surface area contributed by atoms with Crippen LogP contribution in [0.1, 0.15) is 0 Å². The lowest BCUT2D eigenvalue weighted by Gasteiger charge is -2.14. The number of furan rings is 1. The number of aromatic nitrogens is 3. The summed E-state index contributed by atoms with van der Waals surface area (Å²) in [5.41, 5.74) is 9.12. The van der Waals surface area contributed by atoms with E-state index in [4.69, 9.17) is 19.4 Å². The van der Waals surface area contributed by atoms with E-state index in [1.165, 1.54) is 11.1 Å². The monoisotopic (exact) mass is 651 g/mol. The molecule has 4 heteroatoms. The third-order valence-electron chi connectivity index (χ3n) is 9.75. The first-order valence-corrected chi connectivity index (χ1v) is 17.1. The maximum atomic E-state index is 6.65. The van der Waals surface area contributed by atoms with Crippen molar-refractivity contribution in [2.45, 2.75) is 0 Å². The second-order valence-corrected chi connectivity index (χ2v) is 12.7. The summed E-state index contributed by atoms with van der Waals surface area (Å²) in [6.45, 7) is 0. The van der Waals surface area contributed by atoms with Crippen LogP contribution in [0.3, 0.4) is 0 Å². The Morgan fingerprint density at radius 2 is 0.804 bits per heavy atom. The van der Waals surface area contributed by atoms with Crippen LogP contribution in [0, 0.1) is 0 Å². The molecule has 0 atom stereocenters. The molecular weight excluding hydrogens is 623 g/mol. The number of fused-ring (bicyclic) bond motifs is 6. The van der Waals surface area contributed by atoms with Crippen molar-refractivity contribution in [2.24, 2.45) is 0 Å². The lowest BCUT2D eigenvalue weighted by molar-refractivity contribution is 0.673. The number of nitrogens with zero attached hydrogens (tertiary/aromatic N) is 3. The Morgan fingerprint density at radius 1 is 0.314 bits per heavy atom. The van der Waals surface area contributed by atoms with Crippen LogP contribution in [0.25, 0.3) is 99.9 Å². The molecule has 0 aliphatic heterocycles. The van der Waals surface area contributed by atoms with Crippen LogP contribution in [0.5, 0.6) is 0 Å². The maximum Gasteiger partial charge on any atom is 0.164 e. The Balaban J connectivity index is 1.27. The van der Waals surface area contributed by atoms with Crippen molar-refractivity contribution in [3.63, 3.8) is 0 Å². The van der Waals surface area contributed by atoms with Gasteiger partial charge in [-0.3, -0.25) is 0 Å². The zero-order valence-corrected chi connectivity index (χ0v) is 27.5. The zero-order chi connectivity index (χ0) is 33.7. The molecule has 0 radical (unpaired) electrons. The van der Waals surface area contributed by atoms with Gasteiger partial charge in [-0.15, -0.1) is 0 Å². The van der Waals surface area contributed by atoms with Crippen molar-refractivity contribution in [1.29, 1.82) is 0 Å². The Labute approximate surface area is 294 Å². The van der Waals surface area contributed by atoms with Crippen LogP contribution >= 0.6 is 0 Å². The molecule has 0 bridgehead atoms. The van der Waals surface area contributed by atoms with Crippen molar-refractivity contribution in [3.05, 3.63) is 176 Å². The molecule has 0 aliphatic carbocycles. The predicted molar refractivity (Wildman–Crippen MR) is 209 cm³/mol. The molecule has 0 amide bonds. The molecule has 10 rings (SSSR count). The van der Waals surface area contributed by atoms with Gasteiger partial charge in [-0.05, 0) is 56.6 Å². The van der Waals surface area contributed by atoms with Crippen molar-refractivity contribution in [3.8, 4) is 56.4 Å². The first kappa shape index (κ1) is 29.0. The molecule has 0 saturated carbocycles. The third kappa shape index (κ3) is 4.88. The highest BCUT2D eigenvalue weighted by molar-refractivity contribution is 6.22. The summed E-state index contributed by atoms with van der Waals surface area (Å²) in [6.07, 6.45) is 0. The normalized spacial score (nSPS) is 11.5. The summed E-state index contributed by atoms with van der Waals surface area (Å²) in [4.78, 5) is 15.6. The fourth-order valence-corrected chi connectivity index (χ4v) is 7.39. The molecule has 51 heavy (non-hydrogen) atoms. The van der Waals surface area contributed by atoms with Crippen LogP contribution in [-0.4, -0.2) is 15.0 Å². The standard InChI is InChI=1S/C47H29N3O/c1-4-15-30(16-5-1)33-27-28-39(36-22-11-10-21-35(33)36)46-48-45(32-19-8-3-9-20-32)49-47(50-46)40-29-41-43-34(31-17-6-2-7-18-31)25-14-26-42(43)51-44(41)38-24-13-12-23-37(38)40/h1-29H. The van der Waals surface area contributed by atoms with Crippen LogP contribution < -0.4 is 0 Å². The summed E-state index contributed by atoms with van der Waals surface area (Å²) in [5.74, 6) is 1.86. The Morgan fingerprint density at radius 3 is 1.47 bits per heavy atom. The van der Waals surface area contributed by atoms with E-state index in [2.05, 4.69) is 146 Å². The third-order valence-corrected chi connectivity index (χ3v) is 9.75. The minimum absolute atomic E-state index is 0.611. The van der Waals surface area contributed by atoms with Gasteiger partial charge in [0.15, 0.2) is 17.5 Å². The highest BCUT2D eigenvalue weighted by atomic mass is 16.3. The van der Waals surface area contributed by atoms with E-state index in [1.54, 1.807) is 0 Å². The van der Waals surface area contributed by atoms with Gasteiger partial charge < -0.3 is 4.42 Å². The van der Waals surface area contributed by atoms with E-state index in [0.29, 0.717) is 17.5 Å². The van der Waals surface area contributed by atoms with Gasteiger partial charge in [0.05, 0.1) is 0 Å². The summed E-state index contributed by atoms with van der Waals surface area (Å²) in [6, 6.07) is 60.9. The second-order valence-electron chi connectivity index (χ2n) is 12.7. The lowest BCUT2D eigenvalue weighted by Crippen LogP contribution is -2.01. The molecule has 0 aliphatic rings. The molecule has 0 fully saturated rings. The fourth-order valence-electron chi connectivity index (χ4n) is 7.39. The average molecular weight is 652 g/mol. The van der Waals surface area contributed by atoms with Crippen LogP contribution in [0.15, 0.2) is 180 Å². The molecule has 0 saturated heterocycles. The van der Waals surface area contributed by atoms with Gasteiger partial charge >= 0.3 is 0 Å². The molecule has 2 heterocycles. The SMILES string of the molecule is c1ccc(-c2nc(-c3ccc(-c4ccccc4)c4ccccc34)nc(-c3cc4c(oc5cccc(-c6ccccc6)c54)c4ccccc34)n2)cc1. The molecule has 238 valence electrons. The Hall–Kier alpha value is -6.91. The Kier molecular flexibility index (Phi) is 6.78. The van der Waals surface area contributed by atoms with Gasteiger partial charge in [0, 0.05) is 32.8 Å². The predicted octanol–water partition coefficient (Wildman–Crippen LogP) is 12.4. The van der Waals surface area contributed by atoms with Gasteiger partial charge in [-0.2, -0.15) is 0 Å². The van der Waals surface area contributed by atoms with E-state index >= 15 is 0 Å². The van der Waals surface area contributed by atoms with Gasteiger partial charge in [0.25, 0.3) is 0 Å².